The summed E-state index contributed by atoms with van der Waals surface area (Å²) in [6.07, 6.45) is 4.50. The fraction of sp³-hybridized carbons (Fsp3) is 0.727. The average Bonchev–Trinajstić information content (AvgIpc) is 2.94. The molecule has 0 bridgehead atoms. The minimum absolute atomic E-state index is 0.0192. The Hall–Kier alpha value is -1.63. The molecule has 0 spiro atoms. The topological polar surface area (TPSA) is 75.1 Å². The maximum Gasteiger partial charge on any atom is 0.317 e. The van der Waals surface area contributed by atoms with Gasteiger partial charge >= 0.3 is 6.03 Å². The lowest BCUT2D eigenvalue weighted by Gasteiger charge is -2.12. The maximum absolute atomic E-state index is 11.3. The summed E-state index contributed by atoms with van der Waals surface area (Å²) in [5.41, 5.74) is 0.966. The van der Waals surface area contributed by atoms with Crippen molar-refractivity contribution >= 4 is 6.03 Å². The van der Waals surface area contributed by atoms with Crippen LogP contribution in [-0.4, -0.2) is 51.6 Å². The molecule has 2 amide bonds. The number of hydrogen-bond donors (Lipinski definition) is 2. The summed E-state index contributed by atoms with van der Waals surface area (Å²) in [6, 6.07) is 0.703. The second kappa shape index (κ2) is 4.93. The Morgan fingerprint density at radius 3 is 3.06 bits per heavy atom. The Balaban J connectivity index is 1.45. The molecule has 1 aromatic heterocycles. The molecule has 0 radical (unpaired) electrons. The van der Waals surface area contributed by atoms with Crippen LogP contribution in [0.2, 0.25) is 0 Å². The lowest BCUT2D eigenvalue weighted by atomic mass is 10.4. The van der Waals surface area contributed by atoms with E-state index in [4.69, 9.17) is 0 Å². The van der Waals surface area contributed by atoms with E-state index < -0.39 is 0 Å². The minimum atomic E-state index is 0.0192. The van der Waals surface area contributed by atoms with E-state index in [0.29, 0.717) is 19.1 Å². The van der Waals surface area contributed by atoms with E-state index in [1.807, 2.05) is 6.20 Å². The molecule has 1 aliphatic carbocycles. The number of nitrogens with one attached hydrogen (secondary N) is 2. The number of urea groups is 1. The van der Waals surface area contributed by atoms with Crippen molar-refractivity contribution in [3.63, 3.8) is 0 Å². The van der Waals surface area contributed by atoms with Crippen molar-refractivity contribution in [3.05, 3.63) is 11.9 Å². The van der Waals surface area contributed by atoms with E-state index in [-0.39, 0.29) is 6.03 Å². The highest BCUT2D eigenvalue weighted by Crippen LogP contribution is 2.18. The molecular formula is C11H18N6O. The van der Waals surface area contributed by atoms with Gasteiger partial charge in [0, 0.05) is 38.4 Å². The van der Waals surface area contributed by atoms with Gasteiger partial charge < -0.3 is 15.5 Å². The van der Waals surface area contributed by atoms with Crippen LogP contribution in [0.25, 0.3) is 0 Å². The molecule has 0 atom stereocenters. The van der Waals surface area contributed by atoms with Crippen molar-refractivity contribution < 1.29 is 4.79 Å². The SMILES string of the molecule is O=C1NCCN1CCn1cc(CNC2CC2)nn1. The zero-order chi connectivity index (χ0) is 12.4. The van der Waals surface area contributed by atoms with Gasteiger partial charge in [-0.1, -0.05) is 5.21 Å². The number of nitrogens with zero attached hydrogens (tertiary/aromatic N) is 4. The van der Waals surface area contributed by atoms with Crippen molar-refractivity contribution in [3.8, 4) is 0 Å². The molecule has 98 valence electrons. The number of carbonyl (C=O) groups excluding carboxylic acids is 1. The lowest BCUT2D eigenvalue weighted by Crippen LogP contribution is -2.31. The Bertz CT molecular complexity index is 427. The quantitative estimate of drug-likeness (QED) is 0.717. The summed E-state index contributed by atoms with van der Waals surface area (Å²) < 4.78 is 1.80. The molecule has 2 aliphatic rings. The van der Waals surface area contributed by atoms with Crippen molar-refractivity contribution in [2.45, 2.75) is 32.0 Å². The molecule has 7 heteroatoms. The van der Waals surface area contributed by atoms with Crippen LogP contribution in [0.15, 0.2) is 6.20 Å². The second-order valence-corrected chi connectivity index (χ2v) is 4.85. The van der Waals surface area contributed by atoms with E-state index in [1.54, 1.807) is 9.58 Å². The van der Waals surface area contributed by atoms with Crippen LogP contribution in [0.3, 0.4) is 0 Å². The molecule has 2 heterocycles. The molecule has 3 rings (SSSR count). The molecule has 1 saturated carbocycles. The fourth-order valence-electron chi connectivity index (χ4n) is 2.01. The summed E-state index contributed by atoms with van der Waals surface area (Å²) in [5, 5.41) is 14.4. The summed E-state index contributed by atoms with van der Waals surface area (Å²) in [6.45, 7) is 3.69. The molecule has 18 heavy (non-hydrogen) atoms. The largest absolute Gasteiger partial charge is 0.336 e. The highest BCUT2D eigenvalue weighted by molar-refractivity contribution is 5.76. The molecule has 2 fully saturated rings. The van der Waals surface area contributed by atoms with Crippen LogP contribution in [0.4, 0.5) is 4.79 Å². The smallest absolute Gasteiger partial charge is 0.317 e. The molecule has 1 saturated heterocycles. The van der Waals surface area contributed by atoms with Crippen molar-refractivity contribution in [2.75, 3.05) is 19.6 Å². The Labute approximate surface area is 106 Å². The van der Waals surface area contributed by atoms with Gasteiger partial charge in [0.15, 0.2) is 0 Å². The van der Waals surface area contributed by atoms with Crippen LogP contribution in [0, 0.1) is 0 Å². The molecule has 1 aliphatic heterocycles. The first-order chi connectivity index (χ1) is 8.81. The number of amides is 2. The predicted octanol–water partition coefficient (Wildman–Crippen LogP) is -0.445. The standard InChI is InChI=1S/C11H18N6O/c18-11-12-3-4-16(11)5-6-17-8-10(14-15-17)7-13-9-1-2-9/h8-9,13H,1-7H2,(H,12,18). The average molecular weight is 250 g/mol. The summed E-state index contributed by atoms with van der Waals surface area (Å²) in [4.78, 5) is 13.1. The number of carbonyl (C=O) groups is 1. The van der Waals surface area contributed by atoms with Crippen molar-refractivity contribution in [1.82, 2.24) is 30.5 Å². The fourth-order valence-corrected chi connectivity index (χ4v) is 2.01. The van der Waals surface area contributed by atoms with Crippen LogP contribution in [0.1, 0.15) is 18.5 Å². The first kappa shape index (κ1) is 11.5. The van der Waals surface area contributed by atoms with E-state index in [0.717, 1.165) is 25.3 Å². The Kier molecular flexibility index (Phi) is 3.14. The summed E-state index contributed by atoms with van der Waals surface area (Å²) in [5.74, 6) is 0. The second-order valence-electron chi connectivity index (χ2n) is 4.85. The molecule has 1 aromatic rings. The maximum atomic E-state index is 11.3. The zero-order valence-corrected chi connectivity index (χ0v) is 10.3. The third-order valence-corrected chi connectivity index (χ3v) is 3.28. The zero-order valence-electron chi connectivity index (χ0n) is 10.3. The van der Waals surface area contributed by atoms with Gasteiger partial charge in [-0.2, -0.15) is 0 Å². The molecule has 0 unspecified atom stereocenters. The van der Waals surface area contributed by atoms with Gasteiger partial charge in [-0.05, 0) is 12.8 Å². The first-order valence-electron chi connectivity index (χ1n) is 6.46. The minimum Gasteiger partial charge on any atom is -0.336 e. The van der Waals surface area contributed by atoms with Gasteiger partial charge in [0.25, 0.3) is 0 Å². The normalized spacial score (nSPS) is 19.3. The van der Waals surface area contributed by atoms with Crippen LogP contribution in [0.5, 0.6) is 0 Å². The van der Waals surface area contributed by atoms with Crippen LogP contribution >= 0.6 is 0 Å². The van der Waals surface area contributed by atoms with Gasteiger partial charge in [0.1, 0.15) is 0 Å². The summed E-state index contributed by atoms with van der Waals surface area (Å²) >= 11 is 0. The third kappa shape index (κ3) is 2.79. The Morgan fingerprint density at radius 2 is 2.33 bits per heavy atom. The molecular weight excluding hydrogens is 232 g/mol. The van der Waals surface area contributed by atoms with E-state index in [1.165, 1.54) is 12.8 Å². The van der Waals surface area contributed by atoms with Crippen LogP contribution < -0.4 is 10.6 Å². The van der Waals surface area contributed by atoms with Crippen LogP contribution in [-0.2, 0) is 13.1 Å². The predicted molar refractivity (Wildman–Crippen MR) is 64.9 cm³/mol. The molecule has 0 aromatic carbocycles. The van der Waals surface area contributed by atoms with E-state index >= 15 is 0 Å². The Morgan fingerprint density at radius 1 is 1.44 bits per heavy atom. The molecule has 2 N–H and O–H groups in total. The van der Waals surface area contributed by atoms with Gasteiger partial charge in [0.2, 0.25) is 0 Å². The number of hydrogen-bond acceptors (Lipinski definition) is 4. The van der Waals surface area contributed by atoms with Crippen molar-refractivity contribution in [1.29, 1.82) is 0 Å². The van der Waals surface area contributed by atoms with E-state index in [9.17, 15) is 4.79 Å². The van der Waals surface area contributed by atoms with Gasteiger partial charge in [-0.25, -0.2) is 4.79 Å². The monoisotopic (exact) mass is 250 g/mol. The van der Waals surface area contributed by atoms with Crippen molar-refractivity contribution in [2.24, 2.45) is 0 Å². The van der Waals surface area contributed by atoms with E-state index in [2.05, 4.69) is 20.9 Å². The molecule has 7 nitrogen and oxygen atoms in total. The lowest BCUT2D eigenvalue weighted by molar-refractivity contribution is 0.215. The highest BCUT2D eigenvalue weighted by atomic mass is 16.2. The highest BCUT2D eigenvalue weighted by Gasteiger charge is 2.21. The number of aromatic nitrogens is 3. The van der Waals surface area contributed by atoms with Gasteiger partial charge in [0.05, 0.1) is 12.2 Å². The number of rotatable bonds is 6. The van der Waals surface area contributed by atoms with Gasteiger partial charge in [-0.3, -0.25) is 4.68 Å². The summed E-state index contributed by atoms with van der Waals surface area (Å²) in [7, 11) is 0. The first-order valence-corrected chi connectivity index (χ1v) is 6.46. The third-order valence-electron chi connectivity index (χ3n) is 3.28. The van der Waals surface area contributed by atoms with Gasteiger partial charge in [-0.15, -0.1) is 5.10 Å².